The highest BCUT2D eigenvalue weighted by atomic mass is 32.2. The molecule has 4 heteroatoms. The second-order valence-corrected chi connectivity index (χ2v) is 6.05. The molecule has 0 aromatic heterocycles. The Balaban J connectivity index is 2.45. The van der Waals surface area contributed by atoms with Crippen LogP contribution in [0.5, 0.6) is 5.75 Å². The molecular formula is C13H21NO2S. The molecule has 0 saturated carbocycles. The Morgan fingerprint density at radius 3 is 2.41 bits per heavy atom. The Bertz CT molecular complexity index is 381. The first-order valence-corrected chi connectivity index (χ1v) is 7.38. The van der Waals surface area contributed by atoms with Gasteiger partial charge in [-0.1, -0.05) is 19.1 Å². The molecule has 0 spiro atoms. The van der Waals surface area contributed by atoms with Crippen LogP contribution in [0.3, 0.4) is 0 Å². The Kier molecular flexibility index (Phi) is 5.65. The third-order valence-electron chi connectivity index (χ3n) is 2.71. The van der Waals surface area contributed by atoms with Crippen LogP contribution in [-0.4, -0.2) is 27.4 Å². The van der Waals surface area contributed by atoms with Gasteiger partial charge in [0.15, 0.2) is 0 Å². The molecule has 1 atom stereocenters. The highest BCUT2D eigenvalue weighted by Crippen LogP contribution is 2.22. The van der Waals surface area contributed by atoms with Crippen LogP contribution in [-0.2, 0) is 17.3 Å². The topological polar surface area (TPSA) is 49.3 Å². The van der Waals surface area contributed by atoms with Crippen molar-refractivity contribution in [3.8, 4) is 5.75 Å². The first-order chi connectivity index (χ1) is 8.04. The normalized spacial score (nSPS) is 12.6. The number of phenols is 1. The molecule has 0 amide bonds. The number of phenolic OH excluding ortho intramolecular Hbond substituents is 1. The van der Waals surface area contributed by atoms with E-state index >= 15 is 0 Å². The van der Waals surface area contributed by atoms with Gasteiger partial charge in [-0.15, -0.1) is 0 Å². The van der Waals surface area contributed by atoms with Crippen molar-refractivity contribution in [2.24, 2.45) is 0 Å². The fourth-order valence-corrected chi connectivity index (χ4v) is 2.37. The average Bonchev–Trinajstić information content (AvgIpc) is 2.31. The molecule has 1 aromatic rings. The van der Waals surface area contributed by atoms with Crippen molar-refractivity contribution in [3.63, 3.8) is 0 Å². The average molecular weight is 255 g/mol. The molecule has 0 radical (unpaired) electrons. The Morgan fingerprint density at radius 1 is 1.29 bits per heavy atom. The van der Waals surface area contributed by atoms with Crippen LogP contribution in [0.25, 0.3) is 0 Å². The molecule has 0 bridgehead atoms. The zero-order valence-electron chi connectivity index (χ0n) is 10.7. The lowest BCUT2D eigenvalue weighted by atomic mass is 10.1. The zero-order chi connectivity index (χ0) is 12.8. The van der Waals surface area contributed by atoms with E-state index in [1.54, 1.807) is 0 Å². The van der Waals surface area contributed by atoms with Crippen LogP contribution in [0.1, 0.15) is 23.6 Å². The van der Waals surface area contributed by atoms with E-state index in [4.69, 9.17) is 0 Å². The van der Waals surface area contributed by atoms with Crippen molar-refractivity contribution in [2.75, 3.05) is 18.1 Å². The summed E-state index contributed by atoms with van der Waals surface area (Å²) < 4.78 is 11.2. The molecule has 2 N–H and O–H groups in total. The van der Waals surface area contributed by atoms with Crippen molar-refractivity contribution in [3.05, 3.63) is 28.8 Å². The van der Waals surface area contributed by atoms with E-state index in [-0.39, 0.29) is 0 Å². The van der Waals surface area contributed by atoms with Crippen molar-refractivity contribution >= 4 is 10.8 Å². The van der Waals surface area contributed by atoms with Crippen LogP contribution in [0, 0.1) is 13.8 Å². The second kappa shape index (κ2) is 6.77. The quantitative estimate of drug-likeness (QED) is 0.763. The fraction of sp³-hybridized carbons (Fsp3) is 0.538. The molecule has 1 rings (SSSR count). The molecule has 0 saturated heterocycles. The minimum Gasteiger partial charge on any atom is -0.507 e. The summed E-state index contributed by atoms with van der Waals surface area (Å²) in [4.78, 5) is 0. The molecule has 0 fully saturated rings. The smallest absolute Gasteiger partial charge is 0.121 e. The molecule has 0 aliphatic heterocycles. The van der Waals surface area contributed by atoms with Gasteiger partial charge in [0.05, 0.1) is 0 Å². The fourth-order valence-electron chi connectivity index (χ4n) is 1.71. The van der Waals surface area contributed by atoms with E-state index in [1.165, 1.54) is 0 Å². The van der Waals surface area contributed by atoms with Crippen LogP contribution in [0.4, 0.5) is 0 Å². The maximum Gasteiger partial charge on any atom is 0.121 e. The van der Waals surface area contributed by atoms with E-state index < -0.39 is 10.8 Å². The van der Waals surface area contributed by atoms with Gasteiger partial charge in [-0.3, -0.25) is 4.21 Å². The number of aromatic hydroxyl groups is 1. The Hall–Kier alpha value is -0.870. The maximum atomic E-state index is 11.2. The van der Waals surface area contributed by atoms with Gasteiger partial charge in [-0.2, -0.15) is 0 Å². The lowest BCUT2D eigenvalue weighted by molar-refractivity contribution is 0.466. The van der Waals surface area contributed by atoms with Crippen LogP contribution < -0.4 is 5.32 Å². The Morgan fingerprint density at radius 2 is 1.88 bits per heavy atom. The molecule has 1 unspecified atom stereocenters. The lowest BCUT2D eigenvalue weighted by Crippen LogP contribution is -2.20. The molecule has 17 heavy (non-hydrogen) atoms. The predicted octanol–water partition coefficient (Wildman–Crippen LogP) is 1.87. The van der Waals surface area contributed by atoms with Crippen LogP contribution in [0.2, 0.25) is 0 Å². The number of hydrogen-bond acceptors (Lipinski definition) is 3. The van der Waals surface area contributed by atoms with E-state index in [0.717, 1.165) is 35.5 Å². The van der Waals surface area contributed by atoms with Gasteiger partial charge in [0.25, 0.3) is 0 Å². The van der Waals surface area contributed by atoms with Gasteiger partial charge < -0.3 is 10.4 Å². The van der Waals surface area contributed by atoms with Crippen molar-refractivity contribution < 1.29 is 9.32 Å². The standard InChI is InChI=1S/C13H21NO2S/c1-4-17(16)6-5-14-9-12-7-10(2)13(15)11(3)8-12/h7-8,14-15H,4-6,9H2,1-3H3. The predicted molar refractivity (Wildman–Crippen MR) is 72.8 cm³/mol. The minimum atomic E-state index is -0.700. The number of aryl methyl sites for hydroxylation is 2. The molecule has 0 aliphatic rings. The molecule has 1 aromatic carbocycles. The number of nitrogens with one attached hydrogen (secondary N) is 1. The summed E-state index contributed by atoms with van der Waals surface area (Å²) in [5, 5.41) is 12.9. The number of benzene rings is 1. The summed E-state index contributed by atoms with van der Waals surface area (Å²) in [6.07, 6.45) is 0. The molecule has 96 valence electrons. The number of rotatable bonds is 6. The van der Waals surface area contributed by atoms with Gasteiger partial charge in [0.1, 0.15) is 5.75 Å². The third-order valence-corrected chi connectivity index (χ3v) is 4.01. The molecule has 3 nitrogen and oxygen atoms in total. The summed E-state index contributed by atoms with van der Waals surface area (Å²) in [6.45, 7) is 7.25. The lowest BCUT2D eigenvalue weighted by Gasteiger charge is -2.09. The maximum absolute atomic E-state index is 11.2. The van der Waals surface area contributed by atoms with Gasteiger partial charge >= 0.3 is 0 Å². The van der Waals surface area contributed by atoms with E-state index in [2.05, 4.69) is 5.32 Å². The molecule has 0 heterocycles. The highest BCUT2D eigenvalue weighted by Gasteiger charge is 2.03. The van der Waals surface area contributed by atoms with Crippen LogP contribution in [0.15, 0.2) is 12.1 Å². The summed E-state index contributed by atoms with van der Waals surface area (Å²) in [5.41, 5.74) is 2.96. The van der Waals surface area contributed by atoms with Crippen molar-refractivity contribution in [1.82, 2.24) is 5.32 Å². The van der Waals surface area contributed by atoms with Crippen molar-refractivity contribution in [2.45, 2.75) is 27.3 Å². The first-order valence-electron chi connectivity index (χ1n) is 5.89. The zero-order valence-corrected chi connectivity index (χ0v) is 11.6. The largest absolute Gasteiger partial charge is 0.507 e. The van der Waals surface area contributed by atoms with Gasteiger partial charge in [0, 0.05) is 35.4 Å². The van der Waals surface area contributed by atoms with E-state index in [0.29, 0.717) is 11.5 Å². The highest BCUT2D eigenvalue weighted by molar-refractivity contribution is 7.84. The Labute approximate surface area is 106 Å². The molecular weight excluding hydrogens is 234 g/mol. The number of hydrogen-bond donors (Lipinski definition) is 2. The summed E-state index contributed by atoms with van der Waals surface area (Å²) in [6, 6.07) is 3.96. The van der Waals surface area contributed by atoms with Gasteiger partial charge in [-0.25, -0.2) is 0 Å². The van der Waals surface area contributed by atoms with E-state index in [9.17, 15) is 9.32 Å². The summed E-state index contributed by atoms with van der Waals surface area (Å²) in [7, 11) is -0.700. The first kappa shape index (κ1) is 14.2. The molecule has 0 aliphatic carbocycles. The second-order valence-electron chi connectivity index (χ2n) is 4.19. The van der Waals surface area contributed by atoms with Crippen molar-refractivity contribution in [1.29, 1.82) is 0 Å². The van der Waals surface area contributed by atoms with Crippen LogP contribution >= 0.6 is 0 Å². The van der Waals surface area contributed by atoms with E-state index in [1.807, 2.05) is 32.9 Å². The minimum absolute atomic E-state index is 0.376. The monoisotopic (exact) mass is 255 g/mol. The SMILES string of the molecule is CCS(=O)CCNCc1cc(C)c(O)c(C)c1. The van der Waals surface area contributed by atoms with Gasteiger partial charge in [-0.05, 0) is 30.5 Å². The third kappa shape index (κ3) is 4.48. The van der Waals surface area contributed by atoms with Gasteiger partial charge in [0.2, 0.25) is 0 Å². The summed E-state index contributed by atoms with van der Waals surface area (Å²) >= 11 is 0. The summed E-state index contributed by atoms with van der Waals surface area (Å²) in [5.74, 6) is 1.80.